The monoisotopic (exact) mass is 319 g/mol. The summed E-state index contributed by atoms with van der Waals surface area (Å²) in [6.45, 7) is 3.14. The van der Waals surface area contributed by atoms with Gasteiger partial charge in [0.05, 0.1) is 12.5 Å². The van der Waals surface area contributed by atoms with Crippen LogP contribution in [0.25, 0.3) is 0 Å². The van der Waals surface area contributed by atoms with E-state index in [1.54, 1.807) is 13.8 Å². The molecule has 1 rings (SSSR count). The third kappa shape index (κ3) is 2.64. The fourth-order valence-electron chi connectivity index (χ4n) is 1.60. The van der Waals surface area contributed by atoms with Gasteiger partial charge < -0.3 is 15.6 Å². The van der Waals surface area contributed by atoms with Crippen molar-refractivity contribution in [2.45, 2.75) is 19.9 Å². The maximum Gasteiger partial charge on any atom is 0.313 e. The summed E-state index contributed by atoms with van der Waals surface area (Å²) in [5.41, 5.74) is 5.01. The molecule has 0 unspecified atom stereocenters. The Morgan fingerprint density at radius 2 is 2.11 bits per heavy atom. The molecule has 6 heteroatoms. The zero-order valence-corrected chi connectivity index (χ0v) is 11.9. The van der Waals surface area contributed by atoms with Crippen LogP contribution in [0.1, 0.15) is 25.5 Å². The lowest BCUT2D eigenvalue weighted by atomic mass is 9.80. The first-order valence-corrected chi connectivity index (χ1v) is 6.03. The summed E-state index contributed by atoms with van der Waals surface area (Å²) in [5, 5.41) is 9.68. The predicted octanol–water partition coefficient (Wildman–Crippen LogP) is 2.49. The lowest BCUT2D eigenvalue weighted by Gasteiger charge is -2.29. The van der Waals surface area contributed by atoms with Crippen molar-refractivity contribution in [1.29, 1.82) is 0 Å². The molecule has 0 radical (unpaired) electrons. The van der Waals surface area contributed by atoms with Gasteiger partial charge >= 0.3 is 5.97 Å². The largest absolute Gasteiger partial charge is 0.505 e. The van der Waals surface area contributed by atoms with Gasteiger partial charge in [-0.15, -0.1) is 0 Å². The van der Waals surface area contributed by atoms with Gasteiger partial charge in [-0.25, -0.2) is 4.39 Å². The van der Waals surface area contributed by atoms with Gasteiger partial charge in [0.15, 0.2) is 11.6 Å². The number of carbonyl (C=O) groups excluding carboxylic acids is 1. The summed E-state index contributed by atoms with van der Waals surface area (Å²) < 4.78 is 18.5. The van der Waals surface area contributed by atoms with Crippen LogP contribution in [-0.2, 0) is 9.53 Å². The minimum atomic E-state index is -1.08. The van der Waals surface area contributed by atoms with E-state index in [2.05, 4.69) is 20.7 Å². The summed E-state index contributed by atoms with van der Waals surface area (Å²) in [7, 11) is 1.25. The molecule has 0 aromatic heterocycles. The first-order valence-electron chi connectivity index (χ1n) is 5.23. The lowest BCUT2D eigenvalue weighted by Crippen LogP contribution is -2.37. The molecule has 1 atom stereocenters. The van der Waals surface area contributed by atoms with Crippen LogP contribution in [0.15, 0.2) is 16.6 Å². The van der Waals surface area contributed by atoms with E-state index in [1.165, 1.54) is 13.2 Å². The fraction of sp³-hybridized carbons (Fsp3) is 0.417. The van der Waals surface area contributed by atoms with Crippen LogP contribution in [0.3, 0.4) is 0 Å². The number of aromatic hydroxyl groups is 1. The highest BCUT2D eigenvalue weighted by molar-refractivity contribution is 9.10. The standard InChI is InChI=1S/C12H15BrFNO3/c1-12(2,11(17)18-3)10(15)7-4-6(13)5-8(14)9(7)16/h4-5,10,16H,15H2,1-3H3/t10-/m0/s1. The molecule has 18 heavy (non-hydrogen) atoms. The average molecular weight is 320 g/mol. The minimum absolute atomic E-state index is 0.150. The Morgan fingerprint density at radius 1 is 1.56 bits per heavy atom. The fourth-order valence-corrected chi connectivity index (χ4v) is 2.05. The lowest BCUT2D eigenvalue weighted by molar-refractivity contribution is -0.152. The van der Waals surface area contributed by atoms with Crippen LogP contribution < -0.4 is 5.73 Å². The van der Waals surface area contributed by atoms with E-state index in [9.17, 15) is 14.3 Å². The smallest absolute Gasteiger partial charge is 0.313 e. The molecule has 0 amide bonds. The molecular formula is C12H15BrFNO3. The molecule has 0 aliphatic carbocycles. The van der Waals surface area contributed by atoms with E-state index in [1.807, 2.05) is 0 Å². The van der Waals surface area contributed by atoms with E-state index in [-0.39, 0.29) is 5.56 Å². The zero-order chi connectivity index (χ0) is 14.1. The summed E-state index contributed by atoms with van der Waals surface area (Å²) >= 11 is 3.11. The number of phenolic OH excluding ortho intramolecular Hbond substituents is 1. The number of rotatable bonds is 3. The van der Waals surface area contributed by atoms with Crippen molar-refractivity contribution in [1.82, 2.24) is 0 Å². The summed E-state index contributed by atoms with van der Waals surface area (Å²) in [4.78, 5) is 11.6. The first kappa shape index (κ1) is 14.9. The molecule has 1 aromatic rings. The van der Waals surface area contributed by atoms with Crippen LogP contribution in [0.5, 0.6) is 5.75 Å². The Kier molecular flexibility index (Phi) is 4.34. The van der Waals surface area contributed by atoms with Crippen molar-refractivity contribution >= 4 is 21.9 Å². The van der Waals surface area contributed by atoms with Crippen LogP contribution >= 0.6 is 15.9 Å². The Labute approximate surface area is 113 Å². The molecule has 0 saturated heterocycles. The van der Waals surface area contributed by atoms with Crippen LogP contribution in [0.4, 0.5) is 4.39 Å². The molecule has 0 aliphatic heterocycles. The Bertz CT molecular complexity index is 477. The molecule has 0 saturated carbocycles. The first-order chi connectivity index (χ1) is 8.21. The highest BCUT2D eigenvalue weighted by Crippen LogP contribution is 2.39. The number of carbonyl (C=O) groups is 1. The molecule has 0 fully saturated rings. The Balaban J connectivity index is 3.26. The van der Waals surface area contributed by atoms with E-state index in [4.69, 9.17) is 5.73 Å². The Morgan fingerprint density at radius 3 is 2.61 bits per heavy atom. The van der Waals surface area contributed by atoms with Crippen molar-refractivity contribution in [3.63, 3.8) is 0 Å². The van der Waals surface area contributed by atoms with Gasteiger partial charge in [-0.05, 0) is 26.0 Å². The average Bonchev–Trinajstić information content (AvgIpc) is 2.31. The van der Waals surface area contributed by atoms with E-state index >= 15 is 0 Å². The summed E-state index contributed by atoms with van der Waals surface area (Å²) in [6, 6.07) is 1.71. The van der Waals surface area contributed by atoms with Gasteiger partial charge in [0.1, 0.15) is 0 Å². The number of esters is 1. The Hall–Kier alpha value is -1.14. The van der Waals surface area contributed by atoms with Crippen molar-refractivity contribution in [3.8, 4) is 5.75 Å². The van der Waals surface area contributed by atoms with Gasteiger partial charge in [0.2, 0.25) is 0 Å². The maximum atomic E-state index is 13.4. The number of hydrogen-bond acceptors (Lipinski definition) is 4. The molecule has 100 valence electrons. The van der Waals surface area contributed by atoms with Crippen molar-refractivity contribution in [3.05, 3.63) is 28.0 Å². The van der Waals surface area contributed by atoms with Crippen LogP contribution in [0.2, 0.25) is 0 Å². The number of hydrogen-bond donors (Lipinski definition) is 2. The van der Waals surface area contributed by atoms with Crippen LogP contribution in [0, 0.1) is 11.2 Å². The second kappa shape index (κ2) is 5.24. The maximum absolute atomic E-state index is 13.4. The molecule has 4 nitrogen and oxygen atoms in total. The normalized spacial score (nSPS) is 13.2. The minimum Gasteiger partial charge on any atom is -0.505 e. The van der Waals surface area contributed by atoms with E-state index < -0.39 is 29.0 Å². The summed E-state index contributed by atoms with van der Waals surface area (Å²) in [5.74, 6) is -1.88. The number of phenols is 1. The van der Waals surface area contributed by atoms with E-state index in [0.29, 0.717) is 4.47 Å². The van der Waals surface area contributed by atoms with E-state index in [0.717, 1.165) is 6.07 Å². The van der Waals surface area contributed by atoms with Crippen molar-refractivity contribution in [2.24, 2.45) is 11.1 Å². The molecule has 0 aliphatic rings. The highest BCUT2D eigenvalue weighted by atomic mass is 79.9. The van der Waals surface area contributed by atoms with Gasteiger partial charge in [-0.3, -0.25) is 4.79 Å². The number of ether oxygens (including phenoxy) is 1. The second-order valence-corrected chi connectivity index (χ2v) is 5.43. The number of halogens is 2. The molecule has 0 spiro atoms. The molecular weight excluding hydrogens is 305 g/mol. The van der Waals surface area contributed by atoms with Gasteiger partial charge in [0, 0.05) is 16.1 Å². The third-order valence-corrected chi connectivity index (χ3v) is 3.34. The molecule has 3 N–H and O–H groups in total. The number of methoxy groups -OCH3 is 1. The summed E-state index contributed by atoms with van der Waals surface area (Å²) in [6.07, 6.45) is 0. The molecule has 0 heterocycles. The highest BCUT2D eigenvalue weighted by Gasteiger charge is 2.38. The zero-order valence-electron chi connectivity index (χ0n) is 10.3. The quantitative estimate of drug-likeness (QED) is 0.839. The van der Waals surface area contributed by atoms with Gasteiger partial charge in [-0.1, -0.05) is 15.9 Å². The molecule has 0 bridgehead atoms. The SMILES string of the molecule is COC(=O)C(C)(C)[C@@H](N)c1cc(Br)cc(F)c1O. The van der Waals surface area contributed by atoms with Crippen molar-refractivity contribution < 1.29 is 19.0 Å². The topological polar surface area (TPSA) is 72.5 Å². The van der Waals surface area contributed by atoms with Gasteiger partial charge in [0.25, 0.3) is 0 Å². The van der Waals surface area contributed by atoms with Gasteiger partial charge in [-0.2, -0.15) is 0 Å². The third-order valence-electron chi connectivity index (χ3n) is 2.88. The van der Waals surface area contributed by atoms with Crippen LogP contribution in [-0.4, -0.2) is 18.2 Å². The number of benzene rings is 1. The molecule has 1 aromatic carbocycles. The predicted molar refractivity (Wildman–Crippen MR) is 68.5 cm³/mol. The second-order valence-electron chi connectivity index (χ2n) is 4.52. The number of nitrogens with two attached hydrogens (primary N) is 1. The van der Waals surface area contributed by atoms with Crippen molar-refractivity contribution in [2.75, 3.05) is 7.11 Å².